The highest BCUT2D eigenvalue weighted by atomic mass is 28.4. The Morgan fingerprint density at radius 3 is 2.30 bits per heavy atom. The number of hydrogen-bond acceptors (Lipinski definition) is 8. The first kappa shape index (κ1) is 27.0. The van der Waals surface area contributed by atoms with Crippen LogP contribution >= 0.6 is 0 Å². The molecule has 0 radical (unpaired) electrons. The van der Waals surface area contributed by atoms with Crippen molar-refractivity contribution in [1.82, 2.24) is 0 Å². The minimum Gasteiger partial charge on any atom is -0.459 e. The van der Waals surface area contributed by atoms with Gasteiger partial charge in [0.1, 0.15) is 19.0 Å². The lowest BCUT2D eigenvalue weighted by molar-refractivity contribution is -0.379. The highest BCUT2D eigenvalue weighted by Crippen LogP contribution is 2.64. The van der Waals surface area contributed by atoms with Gasteiger partial charge in [0.2, 0.25) is 0 Å². The topological polar surface area (TPSA) is 81.7 Å². The standard InChI is InChI=1S/C24H44O8Si/c1-16(25)28-19-22(8)13-24(32-33(10,11)21(5,6)7)30-18(12-17(22)29-20(2,3)4)23(19,31-24)14-27-15-26-9/h17-19H,12-15H2,1-11H3/t17-,18-,19+,22+,23-,24?/m0/s1. The Kier molecular flexibility index (Phi) is 6.99. The molecule has 192 valence electrons. The first-order chi connectivity index (χ1) is 14.9. The van der Waals surface area contributed by atoms with Gasteiger partial charge in [-0.25, -0.2) is 0 Å². The fourth-order valence-corrected chi connectivity index (χ4v) is 6.47. The molecule has 9 heteroatoms. The second-order valence-corrected chi connectivity index (χ2v) is 17.3. The van der Waals surface area contributed by atoms with E-state index in [4.69, 9.17) is 32.8 Å². The fourth-order valence-electron chi connectivity index (χ4n) is 5.22. The van der Waals surface area contributed by atoms with Crippen molar-refractivity contribution >= 4 is 14.3 Å². The molecule has 1 aliphatic carbocycles. The zero-order chi connectivity index (χ0) is 25.1. The molecule has 3 fully saturated rings. The molecule has 8 nitrogen and oxygen atoms in total. The van der Waals surface area contributed by atoms with Crippen LogP contribution in [-0.4, -0.2) is 70.3 Å². The molecule has 3 rings (SSSR count). The molecule has 6 atom stereocenters. The Hall–Kier alpha value is -0.553. The van der Waals surface area contributed by atoms with Crippen LogP contribution in [0.25, 0.3) is 0 Å². The Labute approximate surface area is 200 Å². The third-order valence-electron chi connectivity index (χ3n) is 7.54. The molecule has 2 aliphatic heterocycles. The van der Waals surface area contributed by atoms with Crippen molar-refractivity contribution in [2.24, 2.45) is 5.41 Å². The van der Waals surface area contributed by atoms with E-state index in [0.29, 0.717) is 12.8 Å². The van der Waals surface area contributed by atoms with E-state index in [1.165, 1.54) is 6.92 Å². The Balaban J connectivity index is 2.09. The summed E-state index contributed by atoms with van der Waals surface area (Å²) in [6, 6.07) is 0. The first-order valence-electron chi connectivity index (χ1n) is 11.9. The summed E-state index contributed by atoms with van der Waals surface area (Å²) in [4.78, 5) is 12.3. The molecular formula is C24H44O8Si. The zero-order valence-corrected chi connectivity index (χ0v) is 23.3. The molecular weight excluding hydrogens is 444 g/mol. The summed E-state index contributed by atoms with van der Waals surface area (Å²) in [5.74, 6) is -1.62. The summed E-state index contributed by atoms with van der Waals surface area (Å²) in [5, 5.41) is -0.0414. The highest BCUT2D eigenvalue weighted by Gasteiger charge is 2.78. The van der Waals surface area contributed by atoms with Gasteiger partial charge in [0.25, 0.3) is 5.97 Å². The third kappa shape index (κ3) is 4.92. The monoisotopic (exact) mass is 488 g/mol. The van der Waals surface area contributed by atoms with Crippen molar-refractivity contribution < 1.29 is 37.6 Å². The maximum Gasteiger partial charge on any atom is 0.303 e. The van der Waals surface area contributed by atoms with Gasteiger partial charge >= 0.3 is 5.97 Å². The average Bonchev–Trinajstić information content (AvgIpc) is 2.79. The van der Waals surface area contributed by atoms with Crippen LogP contribution in [0.5, 0.6) is 0 Å². The molecule has 3 bridgehead atoms. The van der Waals surface area contributed by atoms with Crippen LogP contribution in [0, 0.1) is 5.41 Å². The SMILES string of the molecule is COCOC[C@]12OC3(O[Si](C)(C)C(C)(C)C)C[C@](C)([C@@H](OC(C)(C)C)C[C@@H]1O3)[C@H]2OC(C)=O. The van der Waals surface area contributed by atoms with Crippen molar-refractivity contribution in [3.63, 3.8) is 0 Å². The Morgan fingerprint density at radius 1 is 1.15 bits per heavy atom. The van der Waals surface area contributed by atoms with Crippen LogP contribution < -0.4 is 0 Å². The minimum absolute atomic E-state index is 0.0414. The second kappa shape index (κ2) is 8.53. The largest absolute Gasteiger partial charge is 0.459 e. The first-order valence-corrected chi connectivity index (χ1v) is 14.8. The number of ether oxygens (including phenoxy) is 6. The molecule has 0 aromatic carbocycles. The van der Waals surface area contributed by atoms with Gasteiger partial charge in [-0.15, -0.1) is 0 Å². The maximum atomic E-state index is 12.3. The number of carbonyl (C=O) groups excluding carboxylic acids is 1. The molecule has 0 N–H and O–H groups in total. The highest BCUT2D eigenvalue weighted by molar-refractivity contribution is 6.74. The van der Waals surface area contributed by atoms with Gasteiger partial charge < -0.3 is 32.8 Å². The Morgan fingerprint density at radius 2 is 1.79 bits per heavy atom. The summed E-state index contributed by atoms with van der Waals surface area (Å²) in [6.07, 6.45) is -0.273. The van der Waals surface area contributed by atoms with Crippen LogP contribution in [0.3, 0.4) is 0 Å². The number of fused-ring (bicyclic) bond motifs is 2. The van der Waals surface area contributed by atoms with Crippen LogP contribution in [-0.2, 0) is 37.6 Å². The van der Waals surface area contributed by atoms with Crippen molar-refractivity contribution in [2.75, 3.05) is 20.5 Å². The lowest BCUT2D eigenvalue weighted by Gasteiger charge is -2.59. The average molecular weight is 489 g/mol. The van der Waals surface area contributed by atoms with E-state index in [1.54, 1.807) is 7.11 Å². The molecule has 2 saturated heterocycles. The van der Waals surface area contributed by atoms with Crippen molar-refractivity contribution in [1.29, 1.82) is 0 Å². The van der Waals surface area contributed by atoms with Gasteiger partial charge in [0.15, 0.2) is 13.9 Å². The van der Waals surface area contributed by atoms with Crippen LogP contribution in [0.1, 0.15) is 68.2 Å². The van der Waals surface area contributed by atoms with E-state index in [-0.39, 0.29) is 36.1 Å². The lowest BCUT2D eigenvalue weighted by Crippen LogP contribution is -2.72. The number of carbonyl (C=O) groups is 1. The van der Waals surface area contributed by atoms with E-state index < -0.39 is 37.5 Å². The van der Waals surface area contributed by atoms with Crippen LogP contribution in [0.2, 0.25) is 18.1 Å². The molecule has 2 heterocycles. The van der Waals surface area contributed by atoms with E-state index in [9.17, 15) is 4.79 Å². The van der Waals surface area contributed by atoms with E-state index >= 15 is 0 Å². The molecule has 0 aromatic rings. The summed E-state index contributed by atoms with van der Waals surface area (Å²) in [5.41, 5.74) is -2.00. The summed E-state index contributed by atoms with van der Waals surface area (Å²) in [7, 11) is -0.712. The number of methoxy groups -OCH3 is 1. The van der Waals surface area contributed by atoms with E-state index in [2.05, 4.69) is 40.8 Å². The summed E-state index contributed by atoms with van der Waals surface area (Å²) < 4.78 is 43.7. The van der Waals surface area contributed by atoms with Gasteiger partial charge in [0.05, 0.1) is 18.3 Å². The van der Waals surface area contributed by atoms with Gasteiger partial charge in [-0.2, -0.15) is 0 Å². The number of esters is 1. The molecule has 0 aromatic heterocycles. The van der Waals surface area contributed by atoms with Crippen molar-refractivity contribution in [3.05, 3.63) is 0 Å². The van der Waals surface area contributed by atoms with Crippen LogP contribution in [0.15, 0.2) is 0 Å². The molecule has 1 saturated carbocycles. The predicted octanol–water partition coefficient (Wildman–Crippen LogP) is 4.37. The molecule has 33 heavy (non-hydrogen) atoms. The smallest absolute Gasteiger partial charge is 0.303 e. The van der Waals surface area contributed by atoms with E-state index in [1.807, 2.05) is 20.8 Å². The second-order valence-electron chi connectivity index (χ2n) is 12.6. The zero-order valence-electron chi connectivity index (χ0n) is 22.3. The molecule has 0 amide bonds. The normalized spacial score (nSPS) is 38.6. The van der Waals surface area contributed by atoms with Gasteiger partial charge in [-0.05, 0) is 38.9 Å². The molecule has 1 unspecified atom stereocenters. The maximum absolute atomic E-state index is 12.3. The van der Waals surface area contributed by atoms with Crippen LogP contribution in [0.4, 0.5) is 0 Å². The molecule has 3 aliphatic rings. The quantitative estimate of drug-likeness (QED) is 0.216. The van der Waals surface area contributed by atoms with Crippen molar-refractivity contribution in [2.45, 2.75) is 122 Å². The fraction of sp³-hybridized carbons (Fsp3) is 0.958. The lowest BCUT2D eigenvalue weighted by atomic mass is 9.60. The summed E-state index contributed by atoms with van der Waals surface area (Å²) >= 11 is 0. The minimum atomic E-state index is -2.28. The van der Waals surface area contributed by atoms with Gasteiger partial charge in [0, 0.05) is 32.3 Å². The predicted molar refractivity (Wildman–Crippen MR) is 125 cm³/mol. The Bertz CT molecular complexity index is 744. The van der Waals surface area contributed by atoms with E-state index in [0.717, 1.165) is 0 Å². The molecule has 0 spiro atoms. The van der Waals surface area contributed by atoms with Gasteiger partial charge in [-0.1, -0.05) is 27.7 Å². The van der Waals surface area contributed by atoms with Crippen molar-refractivity contribution in [3.8, 4) is 0 Å². The number of hydrogen-bond donors (Lipinski definition) is 0. The van der Waals surface area contributed by atoms with Gasteiger partial charge in [-0.3, -0.25) is 4.79 Å². The summed E-state index contributed by atoms with van der Waals surface area (Å²) in [6.45, 7) is 20.8. The third-order valence-corrected chi connectivity index (χ3v) is 12.0. The number of rotatable bonds is 8.